The molecule has 2 atom stereocenters. The van der Waals surface area contributed by atoms with Crippen molar-refractivity contribution < 1.29 is 4.74 Å². The fraction of sp³-hybridized carbons (Fsp3) is 0.500. The third kappa shape index (κ3) is 1.81. The first-order chi connectivity index (χ1) is 6.79. The van der Waals surface area contributed by atoms with Crippen LogP contribution in [0.5, 0.6) is 0 Å². The molecule has 0 amide bonds. The third-order valence-corrected chi connectivity index (χ3v) is 3.00. The van der Waals surface area contributed by atoms with Gasteiger partial charge in [0.2, 0.25) is 0 Å². The van der Waals surface area contributed by atoms with Gasteiger partial charge in [-0.05, 0) is 24.5 Å². The molecule has 2 rings (SSSR count). The van der Waals surface area contributed by atoms with Crippen molar-refractivity contribution in [3.05, 3.63) is 35.4 Å². The van der Waals surface area contributed by atoms with E-state index in [4.69, 9.17) is 10.5 Å². The zero-order valence-corrected chi connectivity index (χ0v) is 8.57. The summed E-state index contributed by atoms with van der Waals surface area (Å²) in [4.78, 5) is 0. The normalized spacial score (nSPS) is 27.6. The van der Waals surface area contributed by atoms with Crippen LogP contribution in [0.4, 0.5) is 0 Å². The zero-order valence-electron chi connectivity index (χ0n) is 8.57. The van der Waals surface area contributed by atoms with E-state index in [1.165, 1.54) is 11.1 Å². The van der Waals surface area contributed by atoms with Gasteiger partial charge in [0, 0.05) is 18.6 Å². The molecule has 0 aliphatic carbocycles. The Kier molecular flexibility index (Phi) is 2.85. The molecule has 1 aliphatic rings. The summed E-state index contributed by atoms with van der Waals surface area (Å²) in [6.07, 6.45) is 0.971. The summed E-state index contributed by atoms with van der Waals surface area (Å²) < 4.78 is 5.48. The van der Waals surface area contributed by atoms with Crippen LogP contribution in [0.25, 0.3) is 0 Å². The Morgan fingerprint density at radius 2 is 2.14 bits per heavy atom. The van der Waals surface area contributed by atoms with E-state index >= 15 is 0 Å². The number of nitrogens with two attached hydrogens (primary N) is 1. The average Bonchev–Trinajstić information content (AvgIpc) is 2.20. The third-order valence-electron chi connectivity index (χ3n) is 3.00. The minimum atomic E-state index is 0.254. The van der Waals surface area contributed by atoms with Crippen molar-refractivity contribution in [2.24, 2.45) is 5.73 Å². The van der Waals surface area contributed by atoms with Gasteiger partial charge >= 0.3 is 0 Å². The Labute approximate surface area is 85.1 Å². The van der Waals surface area contributed by atoms with Crippen LogP contribution in [0.15, 0.2) is 24.3 Å². The highest BCUT2D eigenvalue weighted by Gasteiger charge is 2.24. The van der Waals surface area contributed by atoms with Gasteiger partial charge in [-0.1, -0.05) is 24.3 Å². The lowest BCUT2D eigenvalue weighted by atomic mass is 9.87. The van der Waals surface area contributed by atoms with E-state index in [0.29, 0.717) is 5.92 Å². The molecule has 1 aromatic carbocycles. The quantitative estimate of drug-likeness (QED) is 0.735. The number of rotatable bonds is 1. The van der Waals surface area contributed by atoms with E-state index < -0.39 is 0 Å². The standard InChI is InChI=1S/C12H17NO/c1-9-4-2-3-5-10(9)11-8-14-7-6-12(11)13/h2-5,11-12H,6-8,13H2,1H3. The van der Waals surface area contributed by atoms with Gasteiger partial charge in [-0.3, -0.25) is 0 Å². The highest BCUT2D eigenvalue weighted by Crippen LogP contribution is 2.26. The van der Waals surface area contributed by atoms with Gasteiger partial charge in [-0.25, -0.2) is 0 Å². The van der Waals surface area contributed by atoms with Crippen molar-refractivity contribution in [1.82, 2.24) is 0 Å². The molecule has 0 bridgehead atoms. The van der Waals surface area contributed by atoms with Crippen LogP contribution < -0.4 is 5.73 Å². The smallest absolute Gasteiger partial charge is 0.0549 e. The summed E-state index contributed by atoms with van der Waals surface area (Å²) in [5.74, 6) is 0.380. The molecule has 1 fully saturated rings. The van der Waals surface area contributed by atoms with Crippen molar-refractivity contribution in [2.75, 3.05) is 13.2 Å². The molecule has 2 heteroatoms. The first-order valence-electron chi connectivity index (χ1n) is 5.18. The topological polar surface area (TPSA) is 35.2 Å². The Morgan fingerprint density at radius 1 is 1.36 bits per heavy atom. The first kappa shape index (κ1) is 9.69. The van der Waals surface area contributed by atoms with Crippen molar-refractivity contribution in [1.29, 1.82) is 0 Å². The van der Waals surface area contributed by atoms with Crippen molar-refractivity contribution >= 4 is 0 Å². The summed E-state index contributed by atoms with van der Waals surface area (Å²) in [7, 11) is 0. The van der Waals surface area contributed by atoms with Crippen LogP contribution >= 0.6 is 0 Å². The number of hydrogen-bond acceptors (Lipinski definition) is 2. The Balaban J connectivity index is 2.25. The van der Waals surface area contributed by atoms with Gasteiger partial charge in [0.1, 0.15) is 0 Å². The lowest BCUT2D eigenvalue weighted by Gasteiger charge is -2.30. The predicted octanol–water partition coefficient (Wildman–Crippen LogP) is 1.83. The van der Waals surface area contributed by atoms with Gasteiger partial charge < -0.3 is 10.5 Å². The SMILES string of the molecule is Cc1ccccc1C1COCCC1N. The molecule has 0 saturated carbocycles. The zero-order chi connectivity index (χ0) is 9.97. The van der Waals surface area contributed by atoms with Crippen molar-refractivity contribution in [3.63, 3.8) is 0 Å². The molecule has 1 aromatic rings. The van der Waals surface area contributed by atoms with E-state index in [1.807, 2.05) is 0 Å². The summed E-state index contributed by atoms with van der Waals surface area (Å²) in [5.41, 5.74) is 8.76. The van der Waals surface area contributed by atoms with Crippen molar-refractivity contribution in [3.8, 4) is 0 Å². The highest BCUT2D eigenvalue weighted by molar-refractivity contribution is 5.30. The first-order valence-corrected chi connectivity index (χ1v) is 5.18. The number of ether oxygens (including phenoxy) is 1. The number of benzene rings is 1. The lowest BCUT2D eigenvalue weighted by Crippen LogP contribution is -2.37. The second-order valence-electron chi connectivity index (χ2n) is 3.99. The molecule has 1 saturated heterocycles. The van der Waals surface area contributed by atoms with Crippen LogP contribution in [0.1, 0.15) is 23.5 Å². The molecule has 2 unspecified atom stereocenters. The van der Waals surface area contributed by atoms with Crippen molar-refractivity contribution in [2.45, 2.75) is 25.3 Å². The van der Waals surface area contributed by atoms with Crippen LogP contribution in [0.3, 0.4) is 0 Å². The fourth-order valence-corrected chi connectivity index (χ4v) is 2.08. The van der Waals surface area contributed by atoms with Crippen LogP contribution in [0.2, 0.25) is 0 Å². The molecule has 0 radical (unpaired) electrons. The number of aryl methyl sites for hydroxylation is 1. The molecule has 1 aliphatic heterocycles. The molecule has 0 spiro atoms. The summed E-state index contributed by atoms with van der Waals surface area (Å²) in [6, 6.07) is 8.69. The van der Waals surface area contributed by atoms with Gasteiger partial charge in [-0.15, -0.1) is 0 Å². The molecule has 2 nitrogen and oxygen atoms in total. The molecule has 0 aromatic heterocycles. The Morgan fingerprint density at radius 3 is 2.86 bits per heavy atom. The van der Waals surface area contributed by atoms with E-state index in [-0.39, 0.29) is 6.04 Å². The molecule has 1 heterocycles. The number of hydrogen-bond donors (Lipinski definition) is 1. The minimum absolute atomic E-state index is 0.254. The maximum Gasteiger partial charge on any atom is 0.0549 e. The van der Waals surface area contributed by atoms with Crippen LogP contribution in [-0.2, 0) is 4.74 Å². The van der Waals surface area contributed by atoms with Crippen LogP contribution in [0, 0.1) is 6.92 Å². The van der Waals surface area contributed by atoms with E-state index in [9.17, 15) is 0 Å². The largest absolute Gasteiger partial charge is 0.381 e. The van der Waals surface area contributed by atoms with Gasteiger partial charge in [0.15, 0.2) is 0 Å². The summed E-state index contributed by atoms with van der Waals surface area (Å²) in [5, 5.41) is 0. The molecule has 76 valence electrons. The van der Waals surface area contributed by atoms with Gasteiger partial charge in [0.05, 0.1) is 6.61 Å². The molecule has 2 N–H and O–H groups in total. The maximum atomic E-state index is 6.10. The minimum Gasteiger partial charge on any atom is -0.381 e. The summed E-state index contributed by atoms with van der Waals surface area (Å²) >= 11 is 0. The second kappa shape index (κ2) is 4.11. The Hall–Kier alpha value is -0.860. The molecular weight excluding hydrogens is 174 g/mol. The van der Waals surface area contributed by atoms with Gasteiger partial charge in [0.25, 0.3) is 0 Å². The summed E-state index contributed by atoms with van der Waals surface area (Å²) in [6.45, 7) is 3.71. The fourth-order valence-electron chi connectivity index (χ4n) is 2.08. The van der Waals surface area contributed by atoms with Crippen LogP contribution in [-0.4, -0.2) is 19.3 Å². The molecule has 14 heavy (non-hydrogen) atoms. The van der Waals surface area contributed by atoms with E-state index in [0.717, 1.165) is 19.6 Å². The Bertz CT molecular complexity index is 311. The monoisotopic (exact) mass is 191 g/mol. The lowest BCUT2D eigenvalue weighted by molar-refractivity contribution is 0.0690. The van der Waals surface area contributed by atoms with Gasteiger partial charge in [-0.2, -0.15) is 0 Å². The second-order valence-corrected chi connectivity index (χ2v) is 3.99. The molecular formula is C12H17NO. The average molecular weight is 191 g/mol. The maximum absolute atomic E-state index is 6.10. The van der Waals surface area contributed by atoms with E-state index in [2.05, 4.69) is 31.2 Å². The van der Waals surface area contributed by atoms with E-state index in [1.54, 1.807) is 0 Å². The highest BCUT2D eigenvalue weighted by atomic mass is 16.5. The predicted molar refractivity (Wildman–Crippen MR) is 57.3 cm³/mol.